The first-order chi connectivity index (χ1) is 58.8. The molecule has 0 amide bonds. The molecule has 0 N–H and O–H groups in total. The molecule has 0 spiro atoms. The third kappa shape index (κ3) is 16.0. The van der Waals surface area contributed by atoms with Crippen LogP contribution in [-0.2, 0) is 9.31 Å². The molecule has 4 aromatic heterocycles. The fourth-order valence-electron chi connectivity index (χ4n) is 15.5. The van der Waals surface area contributed by atoms with Crippen LogP contribution >= 0.6 is 34.3 Å². The standard InChI is InChI=1S/C51H33N3S.C30H26BO2S.C27H18ClN3/c1-4-13-34(14-5-1)37-23-27-39(28-24-37)49-52-50(40-29-25-38(26-30-40)35-15-6-2-7-16-35)54-51(53-49)43-32-41(36-17-8-3-9-18-36)31-42(33-43)44-20-12-21-46-45-19-10-11-22-47(45)55-48(44)46;1-29(2)30(3,4)33-31(32-29)23-18-21(20-11-6-5-7-12-20)17-22(19-23)24-14-10-15-26-25-13-8-9-16-27(25)34-28(24)26;28-27-30-25(23-15-11-21(12-16-23)19-7-3-1-4-8-19)29-26(31-27)24-17-13-22(14-18-24)20-9-5-2-6-10-20/h1-33H;5-19H,1H2,2-4H3;1-18H/q;+1;. The van der Waals surface area contributed by atoms with Crippen molar-refractivity contribution in [3.05, 3.63) is 413 Å². The molecular formula is C108H77BClN6O2S2+. The molecule has 1 aliphatic rings. The first kappa shape index (κ1) is 76.1. The summed E-state index contributed by atoms with van der Waals surface area (Å²) in [6, 6.07) is 140. The van der Waals surface area contributed by atoms with Crippen molar-refractivity contribution >= 4 is 87.2 Å². The van der Waals surface area contributed by atoms with Gasteiger partial charge >= 0.3 is 7.12 Å². The van der Waals surface area contributed by atoms with E-state index in [4.69, 9.17) is 35.9 Å². The largest absolute Gasteiger partial charge is 0.498 e. The molecule has 1 saturated heterocycles. The minimum absolute atomic E-state index is 0.180. The van der Waals surface area contributed by atoms with E-state index < -0.39 is 18.3 Å². The van der Waals surface area contributed by atoms with E-state index in [2.05, 4.69) is 343 Å². The monoisotopic (exact) mass is 1600 g/mol. The van der Waals surface area contributed by atoms with Gasteiger partial charge < -0.3 is 9.31 Å². The molecule has 12 heteroatoms. The van der Waals surface area contributed by atoms with Crippen molar-refractivity contribution < 1.29 is 9.31 Å². The van der Waals surface area contributed by atoms with Crippen molar-refractivity contribution in [1.82, 2.24) is 29.9 Å². The van der Waals surface area contributed by atoms with Crippen LogP contribution < -0.4 is 5.46 Å². The van der Waals surface area contributed by atoms with Crippen LogP contribution in [0.1, 0.15) is 20.8 Å². The Hall–Kier alpha value is -13.9. The molecule has 21 rings (SSSR count). The fourth-order valence-corrected chi connectivity index (χ4v) is 18.1. The number of aromatic nitrogens is 6. The zero-order chi connectivity index (χ0) is 81.1. The summed E-state index contributed by atoms with van der Waals surface area (Å²) in [5, 5.41) is 5.34. The van der Waals surface area contributed by atoms with E-state index in [0.717, 1.165) is 83.4 Å². The second kappa shape index (κ2) is 33.3. The van der Waals surface area contributed by atoms with Gasteiger partial charge in [0.2, 0.25) is 10.9 Å². The van der Waals surface area contributed by atoms with Crippen LogP contribution in [-0.4, -0.2) is 48.2 Å². The minimum Gasteiger partial charge on any atom is -0.395 e. The SMILES string of the molecule is Clc1nc(-c2ccc(-c3ccccc3)cc2)nc(-c2ccc(-c3ccccc3)cc2)n1.[CH2+]C1(C)OB(c2cc(-c3ccccc3)cc(-c3cccc4c3sc3ccccc34)c2)OC1(C)C.c1ccc(-c2ccc(-c3nc(-c4ccc(-c5ccccc5)cc4)nc(-c4cc(-c5ccccc5)cc(-c5cccc6c5sc5ccccc56)c4)n3)cc2)cc1. The van der Waals surface area contributed by atoms with Gasteiger partial charge in [-0.25, -0.2) is 19.9 Å². The lowest BCUT2D eigenvalue weighted by Crippen LogP contribution is -2.42. The number of rotatable bonds is 14. The van der Waals surface area contributed by atoms with Gasteiger partial charge in [-0.1, -0.05) is 364 Å². The van der Waals surface area contributed by atoms with E-state index >= 15 is 0 Å². The van der Waals surface area contributed by atoms with Crippen molar-refractivity contribution in [1.29, 1.82) is 0 Å². The number of nitrogens with zero attached hydrogens (tertiary/aromatic N) is 6. The van der Waals surface area contributed by atoms with Gasteiger partial charge in [-0.2, -0.15) is 9.97 Å². The van der Waals surface area contributed by atoms with Crippen LogP contribution in [0.2, 0.25) is 5.28 Å². The number of halogens is 1. The predicted molar refractivity (Wildman–Crippen MR) is 503 cm³/mol. The summed E-state index contributed by atoms with van der Waals surface area (Å²) in [5.41, 5.74) is 23.0. The molecule has 0 radical (unpaired) electrons. The Morgan fingerprint density at radius 1 is 0.250 bits per heavy atom. The van der Waals surface area contributed by atoms with Crippen LogP contribution in [0, 0.1) is 6.92 Å². The quantitative estimate of drug-likeness (QED) is 0.0785. The van der Waals surface area contributed by atoms with Gasteiger partial charge in [0.1, 0.15) is 5.60 Å². The highest BCUT2D eigenvalue weighted by molar-refractivity contribution is 7.26. The van der Waals surface area contributed by atoms with Crippen molar-refractivity contribution in [2.24, 2.45) is 0 Å². The van der Waals surface area contributed by atoms with Crippen LogP contribution in [0.5, 0.6) is 0 Å². The maximum absolute atomic E-state index is 6.39. The van der Waals surface area contributed by atoms with Crippen LogP contribution in [0.4, 0.5) is 0 Å². The Morgan fingerprint density at radius 3 is 0.858 bits per heavy atom. The molecule has 0 bridgehead atoms. The maximum Gasteiger partial charge on any atom is 0.498 e. The van der Waals surface area contributed by atoms with Crippen LogP contribution in [0.15, 0.2) is 400 Å². The van der Waals surface area contributed by atoms with Crippen molar-refractivity contribution in [2.45, 2.75) is 32.0 Å². The Kier molecular flexibility index (Phi) is 21.1. The predicted octanol–water partition coefficient (Wildman–Crippen LogP) is 28.6. The molecular weight excluding hydrogens is 1520 g/mol. The second-order valence-corrected chi connectivity index (χ2v) is 33.0. The van der Waals surface area contributed by atoms with E-state index in [1.807, 2.05) is 122 Å². The molecule has 0 aliphatic carbocycles. The third-order valence-corrected chi connectivity index (χ3v) is 25.0. The number of hydrogen-bond donors (Lipinski definition) is 0. The molecule has 16 aromatic carbocycles. The van der Waals surface area contributed by atoms with Crippen LogP contribution in [0.25, 0.3) is 186 Å². The molecule has 1 fully saturated rings. The Bertz CT molecular complexity index is 6850. The molecule has 572 valence electrons. The number of thiophene rings is 2. The topological polar surface area (TPSA) is 95.8 Å². The zero-order valence-electron chi connectivity index (χ0n) is 66.1. The molecule has 5 heterocycles. The van der Waals surface area contributed by atoms with Crippen molar-refractivity contribution in [3.63, 3.8) is 0 Å². The zero-order valence-corrected chi connectivity index (χ0v) is 68.5. The van der Waals surface area contributed by atoms with Crippen LogP contribution in [0.3, 0.4) is 0 Å². The summed E-state index contributed by atoms with van der Waals surface area (Å²) in [6.07, 6.45) is 0. The molecule has 1 atom stereocenters. The van der Waals surface area contributed by atoms with Gasteiger partial charge in [0.15, 0.2) is 29.1 Å². The lowest BCUT2D eigenvalue weighted by atomic mass is 9.76. The van der Waals surface area contributed by atoms with Gasteiger partial charge in [0, 0.05) is 75.1 Å². The maximum atomic E-state index is 6.39. The number of hydrogen-bond acceptors (Lipinski definition) is 10. The average molecular weight is 1600 g/mol. The summed E-state index contributed by atoms with van der Waals surface area (Å²) < 4.78 is 17.9. The highest BCUT2D eigenvalue weighted by Crippen LogP contribution is 2.45. The van der Waals surface area contributed by atoms with E-state index in [1.54, 1.807) is 0 Å². The van der Waals surface area contributed by atoms with E-state index in [0.29, 0.717) is 29.1 Å². The van der Waals surface area contributed by atoms with E-state index in [1.165, 1.54) is 79.3 Å². The lowest BCUT2D eigenvalue weighted by Gasteiger charge is -2.25. The lowest BCUT2D eigenvalue weighted by molar-refractivity contribution is 0.0262. The highest BCUT2D eigenvalue weighted by Gasteiger charge is 2.57. The van der Waals surface area contributed by atoms with Gasteiger partial charge in [-0.15, -0.1) is 22.7 Å². The molecule has 8 nitrogen and oxygen atoms in total. The third-order valence-electron chi connectivity index (χ3n) is 22.4. The van der Waals surface area contributed by atoms with Gasteiger partial charge in [0.05, 0.1) is 6.92 Å². The summed E-state index contributed by atoms with van der Waals surface area (Å²) in [4.78, 5) is 28.9. The second-order valence-electron chi connectivity index (χ2n) is 30.6. The van der Waals surface area contributed by atoms with Crippen molar-refractivity contribution in [3.8, 4) is 146 Å². The van der Waals surface area contributed by atoms with Gasteiger partial charge in [-0.3, -0.25) is 0 Å². The normalized spacial score (nSPS) is 13.6. The summed E-state index contributed by atoms with van der Waals surface area (Å²) in [5.74, 6) is 3.00. The summed E-state index contributed by atoms with van der Waals surface area (Å²) in [6.45, 7) is 10.4. The first-order valence-corrected chi connectivity index (χ1v) is 42.1. The first-order valence-electron chi connectivity index (χ1n) is 40.1. The molecule has 120 heavy (non-hydrogen) atoms. The Morgan fingerprint density at radius 2 is 0.508 bits per heavy atom. The fraction of sp³-hybridized carbons (Fsp3) is 0.0463. The Balaban J connectivity index is 0.000000126. The van der Waals surface area contributed by atoms with Gasteiger partial charge in [-0.05, 0) is 156 Å². The number of fused-ring (bicyclic) bond motifs is 6. The summed E-state index contributed by atoms with van der Waals surface area (Å²) >= 11 is 9.94. The highest BCUT2D eigenvalue weighted by atomic mass is 35.5. The molecule has 1 unspecified atom stereocenters. The Labute approximate surface area is 711 Å². The van der Waals surface area contributed by atoms with Gasteiger partial charge in [0.25, 0.3) is 0 Å². The van der Waals surface area contributed by atoms with E-state index in [-0.39, 0.29) is 5.28 Å². The molecule has 1 aliphatic heterocycles. The summed E-state index contributed by atoms with van der Waals surface area (Å²) in [7, 11) is -0.471. The smallest absolute Gasteiger partial charge is 0.395 e. The molecule has 20 aromatic rings. The average Bonchev–Trinajstić information content (AvgIpc) is 1.61. The van der Waals surface area contributed by atoms with E-state index in [9.17, 15) is 0 Å². The van der Waals surface area contributed by atoms with Crippen molar-refractivity contribution in [2.75, 3.05) is 0 Å². The molecule has 0 saturated carbocycles. The minimum atomic E-state index is -0.633. The number of benzene rings is 16.